The molecule has 1 aromatic rings. The summed E-state index contributed by atoms with van der Waals surface area (Å²) in [6, 6.07) is 10.4. The zero-order valence-electron chi connectivity index (χ0n) is 7.52. The normalized spacial score (nSPS) is 10.8. The first kappa shape index (κ1) is 10.4. The fourth-order valence-corrected chi connectivity index (χ4v) is 1.78. The van der Waals surface area contributed by atoms with Crippen molar-refractivity contribution in [2.24, 2.45) is 0 Å². The fraction of sp³-hybridized carbons (Fsp3) is 0.273. The molecule has 0 aromatic heterocycles. The van der Waals surface area contributed by atoms with E-state index in [1.165, 1.54) is 5.56 Å². The van der Waals surface area contributed by atoms with Crippen molar-refractivity contribution in [3.63, 3.8) is 0 Å². The summed E-state index contributed by atoms with van der Waals surface area (Å²) in [6.45, 7) is 0.145. The quantitative estimate of drug-likeness (QED) is 0.574. The van der Waals surface area contributed by atoms with Crippen LogP contribution in [0.25, 0.3) is 0 Å². The molecule has 1 rings (SSSR count). The van der Waals surface area contributed by atoms with E-state index in [1.807, 2.05) is 23.9 Å². The number of thioether (sulfide) groups is 1. The van der Waals surface area contributed by atoms with Crippen molar-refractivity contribution in [1.29, 1.82) is 0 Å². The van der Waals surface area contributed by atoms with Crippen molar-refractivity contribution in [1.82, 2.24) is 0 Å². The molecule has 70 valence electrons. The van der Waals surface area contributed by atoms with E-state index in [0.29, 0.717) is 0 Å². The lowest BCUT2D eigenvalue weighted by Gasteiger charge is -1.97. The Labute approximate surface area is 83.5 Å². The predicted molar refractivity (Wildman–Crippen MR) is 58.8 cm³/mol. The summed E-state index contributed by atoms with van der Waals surface area (Å²) in [5, 5.41) is 8.49. The molecule has 0 amide bonds. The van der Waals surface area contributed by atoms with Gasteiger partial charge in [-0.2, -0.15) is 11.8 Å². The number of aliphatic hydroxyl groups excluding tert-OH is 1. The third-order valence-electron chi connectivity index (χ3n) is 1.60. The Hall–Kier alpha value is -0.730. The topological polar surface area (TPSA) is 20.2 Å². The molecule has 1 nitrogen and oxygen atoms in total. The molecule has 0 aliphatic rings. The highest BCUT2D eigenvalue weighted by molar-refractivity contribution is 7.98. The van der Waals surface area contributed by atoms with Gasteiger partial charge in [-0.05, 0) is 5.56 Å². The number of hydrogen-bond acceptors (Lipinski definition) is 2. The van der Waals surface area contributed by atoms with Gasteiger partial charge in [0.05, 0.1) is 6.61 Å². The minimum absolute atomic E-state index is 0.145. The molecular weight excluding hydrogens is 180 g/mol. The zero-order valence-corrected chi connectivity index (χ0v) is 8.33. The lowest BCUT2D eigenvalue weighted by Crippen LogP contribution is -1.80. The summed E-state index contributed by atoms with van der Waals surface area (Å²) >= 11 is 1.85. The fourth-order valence-electron chi connectivity index (χ4n) is 0.962. The Morgan fingerprint density at radius 3 is 2.62 bits per heavy atom. The summed E-state index contributed by atoms with van der Waals surface area (Å²) in [5.41, 5.74) is 1.35. The Kier molecular flexibility index (Phi) is 5.38. The molecule has 0 spiro atoms. The highest BCUT2D eigenvalue weighted by Gasteiger charge is 1.89. The van der Waals surface area contributed by atoms with Crippen LogP contribution in [0.15, 0.2) is 42.5 Å². The van der Waals surface area contributed by atoms with Crippen molar-refractivity contribution in [2.75, 3.05) is 12.4 Å². The van der Waals surface area contributed by atoms with E-state index in [9.17, 15) is 0 Å². The molecule has 13 heavy (non-hydrogen) atoms. The first-order valence-corrected chi connectivity index (χ1v) is 5.46. The van der Waals surface area contributed by atoms with Gasteiger partial charge in [0.2, 0.25) is 0 Å². The third-order valence-corrected chi connectivity index (χ3v) is 2.56. The predicted octanol–water partition coefficient (Wildman–Crippen LogP) is 2.47. The largest absolute Gasteiger partial charge is 0.392 e. The standard InChI is InChI=1S/C11H14OS/c12-8-4-5-9-13-10-11-6-2-1-3-7-11/h1-7,12H,8-10H2/b5-4+. The Morgan fingerprint density at radius 2 is 1.92 bits per heavy atom. The van der Waals surface area contributed by atoms with Gasteiger partial charge in [0, 0.05) is 11.5 Å². The maximum atomic E-state index is 8.49. The second-order valence-electron chi connectivity index (χ2n) is 2.65. The molecule has 0 aliphatic carbocycles. The van der Waals surface area contributed by atoms with Gasteiger partial charge in [-0.25, -0.2) is 0 Å². The summed E-state index contributed by atoms with van der Waals surface area (Å²) in [6.07, 6.45) is 3.77. The minimum Gasteiger partial charge on any atom is -0.392 e. The van der Waals surface area contributed by atoms with Gasteiger partial charge >= 0.3 is 0 Å². The Morgan fingerprint density at radius 1 is 1.15 bits per heavy atom. The van der Waals surface area contributed by atoms with E-state index in [4.69, 9.17) is 5.11 Å². The molecule has 0 bridgehead atoms. The number of rotatable bonds is 5. The van der Waals surface area contributed by atoms with E-state index in [1.54, 1.807) is 6.08 Å². The van der Waals surface area contributed by atoms with Crippen LogP contribution in [-0.2, 0) is 5.75 Å². The lowest BCUT2D eigenvalue weighted by atomic mass is 10.2. The second-order valence-corrected chi connectivity index (χ2v) is 3.68. The van der Waals surface area contributed by atoms with Crippen LogP contribution in [-0.4, -0.2) is 17.5 Å². The van der Waals surface area contributed by atoms with E-state index < -0.39 is 0 Å². The van der Waals surface area contributed by atoms with Gasteiger partial charge in [0.1, 0.15) is 0 Å². The molecule has 1 aromatic carbocycles. The maximum Gasteiger partial charge on any atom is 0.0612 e. The maximum absolute atomic E-state index is 8.49. The molecule has 0 heterocycles. The van der Waals surface area contributed by atoms with Crippen LogP contribution in [0.3, 0.4) is 0 Å². The molecular formula is C11H14OS. The molecule has 1 N–H and O–H groups in total. The highest BCUT2D eigenvalue weighted by Crippen LogP contribution is 2.11. The molecule has 0 saturated heterocycles. The van der Waals surface area contributed by atoms with Gasteiger partial charge in [0.15, 0.2) is 0 Å². The summed E-state index contributed by atoms with van der Waals surface area (Å²) in [5.74, 6) is 2.01. The average Bonchev–Trinajstić information content (AvgIpc) is 2.19. The van der Waals surface area contributed by atoms with E-state index in [2.05, 4.69) is 24.3 Å². The molecule has 0 atom stereocenters. The van der Waals surface area contributed by atoms with Gasteiger partial charge in [-0.3, -0.25) is 0 Å². The van der Waals surface area contributed by atoms with Crippen molar-refractivity contribution in [3.05, 3.63) is 48.0 Å². The van der Waals surface area contributed by atoms with Crippen molar-refractivity contribution < 1.29 is 5.11 Å². The van der Waals surface area contributed by atoms with Gasteiger partial charge in [0.25, 0.3) is 0 Å². The van der Waals surface area contributed by atoms with Gasteiger partial charge < -0.3 is 5.11 Å². The lowest BCUT2D eigenvalue weighted by molar-refractivity contribution is 0.342. The van der Waals surface area contributed by atoms with E-state index >= 15 is 0 Å². The summed E-state index contributed by atoms with van der Waals surface area (Å²) in [7, 11) is 0. The number of benzene rings is 1. The smallest absolute Gasteiger partial charge is 0.0612 e. The van der Waals surface area contributed by atoms with E-state index in [0.717, 1.165) is 11.5 Å². The highest BCUT2D eigenvalue weighted by atomic mass is 32.2. The van der Waals surface area contributed by atoms with Crippen molar-refractivity contribution in [3.8, 4) is 0 Å². The monoisotopic (exact) mass is 194 g/mol. The van der Waals surface area contributed by atoms with Gasteiger partial charge in [-0.15, -0.1) is 0 Å². The summed E-state index contributed by atoms with van der Waals surface area (Å²) in [4.78, 5) is 0. The summed E-state index contributed by atoms with van der Waals surface area (Å²) < 4.78 is 0. The zero-order chi connectivity index (χ0) is 9.36. The van der Waals surface area contributed by atoms with Crippen LogP contribution >= 0.6 is 11.8 Å². The first-order chi connectivity index (χ1) is 6.43. The Bertz CT molecular complexity index is 244. The number of hydrogen-bond donors (Lipinski definition) is 1. The molecule has 0 unspecified atom stereocenters. The first-order valence-electron chi connectivity index (χ1n) is 4.31. The van der Waals surface area contributed by atoms with Gasteiger partial charge in [-0.1, -0.05) is 42.5 Å². The SMILES string of the molecule is OC/C=C/CSCc1ccccc1. The molecule has 0 fully saturated rings. The minimum atomic E-state index is 0.145. The van der Waals surface area contributed by atoms with Crippen LogP contribution < -0.4 is 0 Å². The molecule has 0 radical (unpaired) electrons. The molecule has 0 saturated carbocycles. The molecule has 0 aliphatic heterocycles. The van der Waals surface area contributed by atoms with Crippen molar-refractivity contribution in [2.45, 2.75) is 5.75 Å². The van der Waals surface area contributed by atoms with Crippen LogP contribution in [0.2, 0.25) is 0 Å². The van der Waals surface area contributed by atoms with Crippen LogP contribution in [0, 0.1) is 0 Å². The third kappa shape index (κ3) is 4.76. The van der Waals surface area contributed by atoms with Crippen molar-refractivity contribution >= 4 is 11.8 Å². The average molecular weight is 194 g/mol. The Balaban J connectivity index is 2.17. The van der Waals surface area contributed by atoms with E-state index in [-0.39, 0.29) is 6.61 Å². The molecule has 2 heteroatoms. The second kappa shape index (κ2) is 6.75. The van der Waals surface area contributed by atoms with Crippen LogP contribution in [0.4, 0.5) is 0 Å². The number of aliphatic hydroxyl groups is 1. The van der Waals surface area contributed by atoms with Crippen LogP contribution in [0.5, 0.6) is 0 Å². The van der Waals surface area contributed by atoms with Crippen LogP contribution in [0.1, 0.15) is 5.56 Å².